The predicted molar refractivity (Wildman–Crippen MR) is 90.3 cm³/mol. The minimum Gasteiger partial charge on any atom is -0.378 e. The summed E-state index contributed by atoms with van der Waals surface area (Å²) in [5, 5.41) is 0. The van der Waals surface area contributed by atoms with Crippen molar-refractivity contribution in [2.75, 3.05) is 26.0 Å². The van der Waals surface area contributed by atoms with Gasteiger partial charge in [0.05, 0.1) is 0 Å². The molecule has 0 heterocycles. The first-order valence-corrected chi connectivity index (χ1v) is 7.31. The normalized spacial score (nSPS) is 10.9. The van der Waals surface area contributed by atoms with Gasteiger partial charge in [-0.1, -0.05) is 36.4 Å². The number of rotatable bonds is 6. The molecule has 0 saturated heterocycles. The lowest BCUT2D eigenvalue weighted by Gasteiger charge is -2.18. The lowest BCUT2D eigenvalue weighted by atomic mass is 10.1. The number of nitrogens with two attached hydrogens (primary N) is 1. The minimum atomic E-state index is 0.601. The van der Waals surface area contributed by atoms with Crippen LogP contribution in [0.15, 0.2) is 48.5 Å². The van der Waals surface area contributed by atoms with Crippen LogP contribution in [0.3, 0.4) is 0 Å². The van der Waals surface area contributed by atoms with Crippen LogP contribution in [-0.4, -0.2) is 26.0 Å². The van der Waals surface area contributed by atoms with Gasteiger partial charge in [-0.2, -0.15) is 0 Å². The van der Waals surface area contributed by atoms with Crippen LogP contribution in [0.5, 0.6) is 0 Å². The Labute approximate surface area is 128 Å². The molecule has 0 atom stereocenters. The van der Waals surface area contributed by atoms with E-state index in [2.05, 4.69) is 79.5 Å². The Morgan fingerprint density at radius 1 is 0.810 bits per heavy atom. The van der Waals surface area contributed by atoms with E-state index >= 15 is 0 Å². The highest BCUT2D eigenvalue weighted by atomic mass is 15.1. The molecule has 2 rings (SSSR count). The summed E-state index contributed by atoms with van der Waals surface area (Å²) in [6.45, 7) is 2.48. The number of hydrogen-bond donors (Lipinski definition) is 1. The number of hydrogen-bond acceptors (Lipinski definition) is 3. The molecule has 0 aromatic heterocycles. The van der Waals surface area contributed by atoms with Crippen LogP contribution >= 0.6 is 0 Å². The second-order valence-corrected chi connectivity index (χ2v) is 5.76. The molecule has 0 radical (unpaired) electrons. The van der Waals surface area contributed by atoms with Crippen molar-refractivity contribution in [3.8, 4) is 0 Å². The molecule has 0 aliphatic heterocycles. The van der Waals surface area contributed by atoms with Gasteiger partial charge in [0.25, 0.3) is 0 Å². The van der Waals surface area contributed by atoms with E-state index in [9.17, 15) is 0 Å². The van der Waals surface area contributed by atoms with Crippen LogP contribution in [0.1, 0.15) is 16.7 Å². The van der Waals surface area contributed by atoms with Crippen molar-refractivity contribution in [3.63, 3.8) is 0 Å². The molecule has 3 nitrogen and oxygen atoms in total. The van der Waals surface area contributed by atoms with E-state index in [0.29, 0.717) is 6.54 Å². The SMILES string of the molecule is CN(Cc1ccc(N(C)C)cc1)Cc1cccc(CN)c1. The first-order valence-electron chi connectivity index (χ1n) is 7.31. The van der Waals surface area contributed by atoms with Gasteiger partial charge in [0, 0.05) is 39.4 Å². The third-order valence-corrected chi connectivity index (χ3v) is 3.58. The Kier molecular flexibility index (Phi) is 5.37. The highest BCUT2D eigenvalue weighted by molar-refractivity contribution is 5.45. The van der Waals surface area contributed by atoms with E-state index in [-0.39, 0.29) is 0 Å². The van der Waals surface area contributed by atoms with E-state index in [1.165, 1.54) is 22.4 Å². The van der Waals surface area contributed by atoms with E-state index in [1.807, 2.05) is 0 Å². The largest absolute Gasteiger partial charge is 0.378 e. The zero-order valence-electron chi connectivity index (χ0n) is 13.2. The van der Waals surface area contributed by atoms with Crippen molar-refractivity contribution in [2.24, 2.45) is 5.73 Å². The molecule has 0 bridgehead atoms. The summed E-state index contributed by atoms with van der Waals surface area (Å²) in [5.74, 6) is 0. The lowest BCUT2D eigenvalue weighted by molar-refractivity contribution is 0.319. The Balaban J connectivity index is 1.95. The molecule has 112 valence electrons. The first-order chi connectivity index (χ1) is 10.1. The fourth-order valence-electron chi connectivity index (χ4n) is 2.43. The Morgan fingerprint density at radius 2 is 1.43 bits per heavy atom. The quantitative estimate of drug-likeness (QED) is 0.885. The molecule has 2 aromatic carbocycles. The zero-order valence-corrected chi connectivity index (χ0v) is 13.2. The molecule has 21 heavy (non-hydrogen) atoms. The topological polar surface area (TPSA) is 32.5 Å². The van der Waals surface area contributed by atoms with Gasteiger partial charge in [-0.05, 0) is 35.9 Å². The zero-order chi connectivity index (χ0) is 15.2. The maximum absolute atomic E-state index is 5.69. The van der Waals surface area contributed by atoms with Crippen molar-refractivity contribution in [3.05, 3.63) is 65.2 Å². The fourth-order valence-corrected chi connectivity index (χ4v) is 2.43. The second-order valence-electron chi connectivity index (χ2n) is 5.76. The minimum absolute atomic E-state index is 0.601. The fraction of sp³-hybridized carbons (Fsp3) is 0.333. The third kappa shape index (κ3) is 4.59. The van der Waals surface area contributed by atoms with Gasteiger partial charge in [-0.15, -0.1) is 0 Å². The van der Waals surface area contributed by atoms with Gasteiger partial charge in [0.1, 0.15) is 0 Å². The molecular formula is C18H25N3. The monoisotopic (exact) mass is 283 g/mol. The van der Waals surface area contributed by atoms with Gasteiger partial charge in [-0.3, -0.25) is 4.90 Å². The molecule has 3 heteroatoms. The standard InChI is InChI=1S/C18H25N3/c1-20(2)18-9-7-15(8-10-18)13-21(3)14-17-6-4-5-16(11-17)12-19/h4-11H,12-14,19H2,1-3H3. The van der Waals surface area contributed by atoms with Crippen LogP contribution in [0.4, 0.5) is 5.69 Å². The first kappa shape index (κ1) is 15.5. The van der Waals surface area contributed by atoms with E-state index in [1.54, 1.807) is 0 Å². The summed E-state index contributed by atoms with van der Waals surface area (Å²) < 4.78 is 0. The van der Waals surface area contributed by atoms with Crippen molar-refractivity contribution in [1.82, 2.24) is 4.90 Å². The highest BCUT2D eigenvalue weighted by Gasteiger charge is 2.03. The van der Waals surface area contributed by atoms with Crippen molar-refractivity contribution >= 4 is 5.69 Å². The molecule has 2 aromatic rings. The summed E-state index contributed by atoms with van der Waals surface area (Å²) in [6.07, 6.45) is 0. The molecule has 0 saturated carbocycles. The van der Waals surface area contributed by atoms with E-state index < -0.39 is 0 Å². The number of benzene rings is 2. The summed E-state index contributed by atoms with van der Waals surface area (Å²) in [7, 11) is 6.27. The van der Waals surface area contributed by atoms with Crippen molar-refractivity contribution in [1.29, 1.82) is 0 Å². The van der Waals surface area contributed by atoms with Gasteiger partial charge in [0.15, 0.2) is 0 Å². The molecule has 2 N–H and O–H groups in total. The van der Waals surface area contributed by atoms with Gasteiger partial charge in [0.2, 0.25) is 0 Å². The van der Waals surface area contributed by atoms with Crippen molar-refractivity contribution < 1.29 is 0 Å². The molecular weight excluding hydrogens is 258 g/mol. The molecule has 0 unspecified atom stereocenters. The Morgan fingerprint density at radius 3 is 2.05 bits per heavy atom. The van der Waals surface area contributed by atoms with Crippen LogP contribution in [0.2, 0.25) is 0 Å². The summed E-state index contributed by atoms with van der Waals surface area (Å²) in [5.41, 5.74) is 10.8. The van der Waals surface area contributed by atoms with Crippen LogP contribution < -0.4 is 10.6 Å². The highest BCUT2D eigenvalue weighted by Crippen LogP contribution is 2.14. The number of nitrogens with zero attached hydrogens (tertiary/aromatic N) is 2. The van der Waals surface area contributed by atoms with Gasteiger partial charge >= 0.3 is 0 Å². The average Bonchev–Trinajstić information content (AvgIpc) is 2.47. The molecule has 0 amide bonds. The van der Waals surface area contributed by atoms with Crippen LogP contribution in [-0.2, 0) is 19.6 Å². The molecule has 0 fully saturated rings. The smallest absolute Gasteiger partial charge is 0.0361 e. The maximum Gasteiger partial charge on any atom is 0.0361 e. The Hall–Kier alpha value is -1.84. The lowest BCUT2D eigenvalue weighted by Crippen LogP contribution is -2.17. The summed E-state index contributed by atoms with van der Waals surface area (Å²) in [4.78, 5) is 4.44. The summed E-state index contributed by atoms with van der Waals surface area (Å²) in [6, 6.07) is 17.2. The van der Waals surface area contributed by atoms with Gasteiger partial charge < -0.3 is 10.6 Å². The predicted octanol–water partition coefficient (Wildman–Crippen LogP) is 2.84. The van der Waals surface area contributed by atoms with E-state index in [4.69, 9.17) is 5.73 Å². The Bertz CT molecular complexity index is 561. The van der Waals surface area contributed by atoms with E-state index in [0.717, 1.165) is 13.1 Å². The number of anilines is 1. The maximum atomic E-state index is 5.69. The van der Waals surface area contributed by atoms with Crippen molar-refractivity contribution in [2.45, 2.75) is 19.6 Å². The summed E-state index contributed by atoms with van der Waals surface area (Å²) >= 11 is 0. The molecule has 0 aliphatic carbocycles. The second kappa shape index (κ2) is 7.25. The van der Waals surface area contributed by atoms with Gasteiger partial charge in [-0.25, -0.2) is 0 Å². The molecule has 0 spiro atoms. The van der Waals surface area contributed by atoms with Crippen LogP contribution in [0, 0.1) is 0 Å². The third-order valence-electron chi connectivity index (χ3n) is 3.58. The van der Waals surface area contributed by atoms with Crippen LogP contribution in [0.25, 0.3) is 0 Å². The average molecular weight is 283 g/mol. The molecule has 0 aliphatic rings.